The van der Waals surface area contributed by atoms with Crippen LogP contribution in [0.2, 0.25) is 0 Å². The Bertz CT molecular complexity index is 965. The molecule has 2 heterocycles. The summed E-state index contributed by atoms with van der Waals surface area (Å²) in [6, 6.07) is 11.5. The fourth-order valence-electron chi connectivity index (χ4n) is 3.46. The highest BCUT2D eigenvalue weighted by Crippen LogP contribution is 2.45. The molecule has 28 heavy (non-hydrogen) atoms. The van der Waals surface area contributed by atoms with Crippen molar-refractivity contribution >= 4 is 17.7 Å². The number of carbonyl (C=O) groups is 1. The lowest BCUT2D eigenvalue weighted by molar-refractivity contribution is -0.124. The summed E-state index contributed by atoms with van der Waals surface area (Å²) in [5.41, 5.74) is 7.90. The van der Waals surface area contributed by atoms with Crippen LogP contribution in [0.3, 0.4) is 0 Å². The Hall–Kier alpha value is -3.48. The molecule has 1 aromatic carbocycles. The van der Waals surface area contributed by atoms with Crippen LogP contribution in [-0.4, -0.2) is 28.0 Å². The van der Waals surface area contributed by atoms with E-state index >= 15 is 0 Å². The third-order valence-electron chi connectivity index (χ3n) is 5.30. The lowest BCUT2D eigenvalue weighted by atomic mass is 9.63. The summed E-state index contributed by atoms with van der Waals surface area (Å²) >= 11 is 0. The van der Waals surface area contributed by atoms with Crippen LogP contribution < -0.4 is 15.8 Å². The lowest BCUT2D eigenvalue weighted by Crippen LogP contribution is -2.46. The van der Waals surface area contributed by atoms with Crippen molar-refractivity contribution in [1.29, 1.82) is 0 Å². The summed E-state index contributed by atoms with van der Waals surface area (Å²) in [5.74, 6) is 1.39. The Labute approximate surface area is 163 Å². The molecule has 4 rings (SSSR count). The van der Waals surface area contributed by atoms with E-state index in [0.29, 0.717) is 11.6 Å². The van der Waals surface area contributed by atoms with Crippen molar-refractivity contribution in [1.82, 2.24) is 15.0 Å². The number of aromatic nitrogens is 3. The van der Waals surface area contributed by atoms with Crippen LogP contribution in [0.4, 0.5) is 11.8 Å². The van der Waals surface area contributed by atoms with Gasteiger partial charge >= 0.3 is 0 Å². The predicted molar refractivity (Wildman–Crippen MR) is 107 cm³/mol. The van der Waals surface area contributed by atoms with E-state index in [1.807, 2.05) is 24.3 Å². The van der Waals surface area contributed by atoms with Crippen molar-refractivity contribution < 1.29 is 9.53 Å². The quantitative estimate of drug-likeness (QED) is 0.710. The SMILES string of the molecule is COc1ccc(NC(=O)C2(c3ccc(-c4cnc(N)nc4)cc3)CCC2)nc1. The maximum atomic E-state index is 13.0. The maximum Gasteiger partial charge on any atom is 0.236 e. The van der Waals surface area contributed by atoms with Crippen LogP contribution in [0, 0.1) is 0 Å². The zero-order valence-corrected chi connectivity index (χ0v) is 15.6. The molecule has 1 amide bonds. The van der Waals surface area contributed by atoms with Gasteiger partial charge in [0.05, 0.1) is 18.7 Å². The number of methoxy groups -OCH3 is 1. The Kier molecular flexibility index (Phi) is 4.65. The molecule has 2 aromatic heterocycles. The molecule has 7 nitrogen and oxygen atoms in total. The predicted octanol–water partition coefficient (Wildman–Crippen LogP) is 3.19. The number of nitrogens with one attached hydrogen (secondary N) is 1. The number of ether oxygens (including phenoxy) is 1. The van der Waals surface area contributed by atoms with Gasteiger partial charge in [0.15, 0.2) is 0 Å². The monoisotopic (exact) mass is 375 g/mol. The van der Waals surface area contributed by atoms with Crippen molar-refractivity contribution in [3.8, 4) is 16.9 Å². The molecule has 3 N–H and O–H groups in total. The first-order valence-corrected chi connectivity index (χ1v) is 9.11. The molecule has 0 unspecified atom stereocenters. The highest BCUT2D eigenvalue weighted by Gasteiger charge is 2.45. The van der Waals surface area contributed by atoms with Crippen LogP contribution >= 0.6 is 0 Å². The van der Waals surface area contributed by atoms with E-state index in [-0.39, 0.29) is 11.9 Å². The van der Waals surface area contributed by atoms with Crippen LogP contribution in [-0.2, 0) is 10.2 Å². The van der Waals surface area contributed by atoms with Crippen LogP contribution in [0.5, 0.6) is 5.75 Å². The van der Waals surface area contributed by atoms with E-state index in [1.54, 1.807) is 37.8 Å². The van der Waals surface area contributed by atoms with Crippen molar-refractivity contribution in [2.24, 2.45) is 0 Å². The van der Waals surface area contributed by atoms with Crippen LogP contribution in [0.25, 0.3) is 11.1 Å². The van der Waals surface area contributed by atoms with Gasteiger partial charge in [-0.05, 0) is 36.1 Å². The molecule has 1 aliphatic rings. The normalized spacial score (nSPS) is 14.8. The summed E-state index contributed by atoms with van der Waals surface area (Å²) in [4.78, 5) is 25.3. The number of nitrogens with two attached hydrogens (primary N) is 1. The zero-order valence-electron chi connectivity index (χ0n) is 15.6. The van der Waals surface area contributed by atoms with Crippen LogP contribution in [0.15, 0.2) is 55.0 Å². The third-order valence-corrected chi connectivity index (χ3v) is 5.30. The summed E-state index contributed by atoms with van der Waals surface area (Å²) in [5, 5.41) is 2.95. The maximum absolute atomic E-state index is 13.0. The Balaban J connectivity index is 1.54. The zero-order chi connectivity index (χ0) is 19.6. The average molecular weight is 375 g/mol. The van der Waals surface area contributed by atoms with Crippen molar-refractivity contribution in [3.63, 3.8) is 0 Å². The molecule has 0 spiro atoms. The number of amides is 1. The third kappa shape index (κ3) is 3.26. The Morgan fingerprint density at radius 2 is 1.71 bits per heavy atom. The number of carbonyl (C=O) groups excluding carboxylic acids is 1. The molecular weight excluding hydrogens is 354 g/mol. The van der Waals surface area contributed by atoms with Gasteiger partial charge in [0.1, 0.15) is 11.6 Å². The number of nitrogens with zero attached hydrogens (tertiary/aromatic N) is 3. The summed E-state index contributed by atoms with van der Waals surface area (Å²) < 4.78 is 5.11. The minimum atomic E-state index is -0.516. The highest BCUT2D eigenvalue weighted by molar-refractivity contribution is 5.99. The van der Waals surface area contributed by atoms with E-state index in [1.165, 1.54) is 0 Å². The van der Waals surface area contributed by atoms with E-state index < -0.39 is 5.41 Å². The molecule has 0 bridgehead atoms. The molecule has 0 atom stereocenters. The smallest absolute Gasteiger partial charge is 0.236 e. The molecular formula is C21H21N5O2. The van der Waals surface area contributed by atoms with Crippen molar-refractivity contribution in [2.45, 2.75) is 24.7 Å². The van der Waals surface area contributed by atoms with E-state index in [9.17, 15) is 4.79 Å². The second-order valence-corrected chi connectivity index (χ2v) is 6.88. The molecule has 0 radical (unpaired) electrons. The first-order valence-electron chi connectivity index (χ1n) is 9.11. The Morgan fingerprint density at radius 3 is 2.25 bits per heavy atom. The van der Waals surface area contributed by atoms with E-state index in [0.717, 1.165) is 36.0 Å². The molecule has 0 saturated heterocycles. The Morgan fingerprint density at radius 1 is 1.00 bits per heavy atom. The number of hydrogen-bond acceptors (Lipinski definition) is 6. The lowest BCUT2D eigenvalue weighted by Gasteiger charge is -2.40. The topological polar surface area (TPSA) is 103 Å². The van der Waals surface area contributed by atoms with Crippen molar-refractivity contribution in [2.75, 3.05) is 18.2 Å². The molecule has 1 fully saturated rings. The highest BCUT2D eigenvalue weighted by atomic mass is 16.5. The van der Waals surface area contributed by atoms with Gasteiger partial charge in [0, 0.05) is 18.0 Å². The number of rotatable bonds is 5. The fraction of sp³-hybridized carbons (Fsp3) is 0.238. The number of benzene rings is 1. The number of hydrogen-bond donors (Lipinski definition) is 2. The van der Waals surface area contributed by atoms with Gasteiger partial charge in [-0.2, -0.15) is 0 Å². The minimum absolute atomic E-state index is 0.0278. The minimum Gasteiger partial charge on any atom is -0.495 e. The fourth-order valence-corrected chi connectivity index (χ4v) is 3.46. The van der Waals surface area contributed by atoms with E-state index in [4.69, 9.17) is 10.5 Å². The molecule has 7 heteroatoms. The summed E-state index contributed by atoms with van der Waals surface area (Å²) in [7, 11) is 1.58. The second-order valence-electron chi connectivity index (χ2n) is 6.88. The van der Waals surface area contributed by atoms with Crippen molar-refractivity contribution in [3.05, 3.63) is 60.6 Å². The summed E-state index contributed by atoms with van der Waals surface area (Å²) in [6.45, 7) is 0. The van der Waals surface area contributed by atoms with Crippen LogP contribution in [0.1, 0.15) is 24.8 Å². The molecule has 3 aromatic rings. The first-order chi connectivity index (χ1) is 13.6. The van der Waals surface area contributed by atoms with Gasteiger partial charge in [-0.25, -0.2) is 15.0 Å². The number of anilines is 2. The molecule has 1 saturated carbocycles. The second kappa shape index (κ2) is 7.26. The largest absolute Gasteiger partial charge is 0.495 e. The molecule has 1 aliphatic carbocycles. The molecule has 0 aliphatic heterocycles. The van der Waals surface area contributed by atoms with Gasteiger partial charge < -0.3 is 15.8 Å². The standard InChI is InChI=1S/C21H21N5O2/c1-28-17-7-8-18(23-13-17)26-19(27)21(9-2-10-21)16-5-3-14(4-6-16)15-11-24-20(22)25-12-15/h3-8,11-13H,2,9-10H2,1H3,(H2,22,24,25)(H,23,26,27). The number of pyridine rings is 1. The molecule has 142 valence electrons. The number of nitrogen functional groups attached to an aromatic ring is 1. The summed E-state index contributed by atoms with van der Waals surface area (Å²) in [6.07, 6.45) is 7.64. The van der Waals surface area contributed by atoms with Gasteiger partial charge in [-0.3, -0.25) is 4.79 Å². The first kappa shape index (κ1) is 17.9. The van der Waals surface area contributed by atoms with Gasteiger partial charge in [-0.1, -0.05) is 30.7 Å². The van der Waals surface area contributed by atoms with E-state index in [2.05, 4.69) is 20.3 Å². The van der Waals surface area contributed by atoms with Gasteiger partial charge in [0.2, 0.25) is 11.9 Å². The van der Waals surface area contributed by atoms with Gasteiger partial charge in [0.25, 0.3) is 0 Å². The average Bonchev–Trinajstić information content (AvgIpc) is 2.69. The van der Waals surface area contributed by atoms with Gasteiger partial charge in [-0.15, -0.1) is 0 Å².